The third-order valence-corrected chi connectivity index (χ3v) is 7.31. The van der Waals surface area contributed by atoms with E-state index in [0.717, 1.165) is 37.8 Å². The van der Waals surface area contributed by atoms with E-state index in [0.29, 0.717) is 24.2 Å². The van der Waals surface area contributed by atoms with E-state index in [1.54, 1.807) is 36.3 Å². The number of carbonyl (C=O) groups is 2. The van der Waals surface area contributed by atoms with Crippen LogP contribution in [0.3, 0.4) is 0 Å². The molecule has 4 heterocycles. The first kappa shape index (κ1) is 25.9. The van der Waals surface area contributed by atoms with Gasteiger partial charge in [0.25, 0.3) is 11.8 Å². The van der Waals surface area contributed by atoms with Crippen LogP contribution in [-0.4, -0.2) is 84.9 Å². The summed E-state index contributed by atoms with van der Waals surface area (Å²) in [4.78, 5) is 42.8. The Labute approximate surface area is 215 Å². The maximum absolute atomic E-state index is 12.9. The third-order valence-electron chi connectivity index (χ3n) is 7.31. The second-order valence-electron chi connectivity index (χ2n) is 10.1. The van der Waals surface area contributed by atoms with Crippen molar-refractivity contribution in [2.45, 2.75) is 51.4 Å². The van der Waals surface area contributed by atoms with Crippen LogP contribution in [0, 0.1) is 0 Å². The minimum absolute atomic E-state index is 0.0887. The van der Waals surface area contributed by atoms with E-state index in [1.165, 1.54) is 51.4 Å². The molecule has 8 nitrogen and oxygen atoms in total. The Kier molecular flexibility index (Phi) is 9.14. The van der Waals surface area contributed by atoms with Crippen LogP contribution in [0.1, 0.15) is 72.1 Å². The van der Waals surface area contributed by atoms with E-state index in [1.807, 2.05) is 24.3 Å². The van der Waals surface area contributed by atoms with Crippen LogP contribution in [0.4, 0.5) is 11.6 Å². The fraction of sp³-hybridized carbons (Fsp3) is 0.571. The Balaban J connectivity index is 1.27. The molecule has 2 aliphatic heterocycles. The molecule has 194 valence electrons. The van der Waals surface area contributed by atoms with Crippen molar-refractivity contribution in [3.05, 3.63) is 47.8 Å². The van der Waals surface area contributed by atoms with Crippen molar-refractivity contribution in [1.82, 2.24) is 19.8 Å². The highest BCUT2D eigenvalue weighted by Crippen LogP contribution is 2.19. The molecule has 8 heteroatoms. The Hall–Kier alpha value is -3.16. The normalized spacial score (nSPS) is 16.7. The van der Waals surface area contributed by atoms with Crippen molar-refractivity contribution in [3.63, 3.8) is 0 Å². The largest absolute Gasteiger partial charge is 0.357 e. The highest BCUT2D eigenvalue weighted by Gasteiger charge is 2.18. The minimum atomic E-state index is -0.0887. The summed E-state index contributed by atoms with van der Waals surface area (Å²) in [6, 6.07) is 7.62. The molecular formula is C28H40N6O2. The Bertz CT molecular complexity index is 897. The Morgan fingerprint density at radius 1 is 0.639 bits per heavy atom. The van der Waals surface area contributed by atoms with Crippen molar-refractivity contribution >= 4 is 23.5 Å². The first-order valence-electron chi connectivity index (χ1n) is 13.5. The van der Waals surface area contributed by atoms with Gasteiger partial charge in [-0.1, -0.05) is 25.7 Å². The molecule has 36 heavy (non-hydrogen) atoms. The lowest BCUT2D eigenvalue weighted by Gasteiger charge is -2.24. The number of nitrogens with zero attached hydrogens (tertiary/aromatic N) is 6. The molecule has 0 radical (unpaired) electrons. The number of likely N-dealkylation sites (N-methyl/N-ethyl adjacent to an activating group) is 2. The second-order valence-corrected chi connectivity index (χ2v) is 10.1. The SMILES string of the molecule is CN(CCN(C)C(=O)c1ccc(N2CCCCCC2)nc1)C(=O)c1ccc(N2CCCCCC2)nc1. The molecule has 2 aliphatic rings. The zero-order valence-corrected chi connectivity index (χ0v) is 21.9. The molecule has 0 aromatic carbocycles. The van der Waals surface area contributed by atoms with Gasteiger partial charge in [0.2, 0.25) is 0 Å². The summed E-state index contributed by atoms with van der Waals surface area (Å²) in [6.45, 7) is 4.98. The molecule has 4 rings (SSSR count). The van der Waals surface area contributed by atoms with E-state index in [4.69, 9.17) is 0 Å². The van der Waals surface area contributed by atoms with Crippen molar-refractivity contribution in [2.24, 2.45) is 0 Å². The molecule has 0 spiro atoms. The molecule has 2 fully saturated rings. The standard InChI is InChI=1S/C28H40N6O2/c1-31(27(35)23-11-13-25(29-21-23)33-15-7-3-4-8-16-33)19-20-32(2)28(36)24-12-14-26(30-22-24)34-17-9-5-6-10-18-34/h11-14,21-22H,3-10,15-20H2,1-2H3. The highest BCUT2D eigenvalue weighted by molar-refractivity contribution is 5.95. The molecule has 2 aromatic heterocycles. The van der Waals surface area contributed by atoms with Gasteiger partial charge in [-0.15, -0.1) is 0 Å². The second kappa shape index (κ2) is 12.7. The van der Waals surface area contributed by atoms with E-state index >= 15 is 0 Å². The lowest BCUT2D eigenvalue weighted by Crippen LogP contribution is -2.37. The van der Waals surface area contributed by atoms with Gasteiger partial charge in [-0.3, -0.25) is 9.59 Å². The average molecular weight is 493 g/mol. The molecule has 0 saturated carbocycles. The number of aromatic nitrogens is 2. The molecule has 2 aromatic rings. The minimum Gasteiger partial charge on any atom is -0.357 e. The number of amides is 2. The summed E-state index contributed by atoms with van der Waals surface area (Å²) < 4.78 is 0. The van der Waals surface area contributed by atoms with Crippen LogP contribution in [0.25, 0.3) is 0 Å². The first-order chi connectivity index (χ1) is 17.5. The predicted molar refractivity (Wildman–Crippen MR) is 144 cm³/mol. The molecule has 0 bridgehead atoms. The maximum atomic E-state index is 12.9. The van der Waals surface area contributed by atoms with E-state index in [2.05, 4.69) is 19.8 Å². The molecule has 2 amide bonds. The molecule has 0 aliphatic carbocycles. The number of hydrogen-bond donors (Lipinski definition) is 0. The first-order valence-corrected chi connectivity index (χ1v) is 13.5. The Morgan fingerprint density at radius 3 is 1.31 bits per heavy atom. The quantitative estimate of drug-likeness (QED) is 0.580. The fourth-order valence-corrected chi connectivity index (χ4v) is 4.94. The van der Waals surface area contributed by atoms with E-state index < -0.39 is 0 Å². The van der Waals surface area contributed by atoms with Gasteiger partial charge in [0, 0.05) is 65.8 Å². The average Bonchev–Trinajstić information content (AvgIpc) is 3.37. The van der Waals surface area contributed by atoms with Gasteiger partial charge in [0.05, 0.1) is 11.1 Å². The molecule has 0 atom stereocenters. The molecule has 0 unspecified atom stereocenters. The van der Waals surface area contributed by atoms with Gasteiger partial charge < -0.3 is 19.6 Å². The monoisotopic (exact) mass is 492 g/mol. The van der Waals surface area contributed by atoms with Gasteiger partial charge in [-0.05, 0) is 49.9 Å². The van der Waals surface area contributed by atoms with Gasteiger partial charge >= 0.3 is 0 Å². The number of pyridine rings is 2. The van der Waals surface area contributed by atoms with Crippen LogP contribution < -0.4 is 9.80 Å². The zero-order chi connectivity index (χ0) is 25.3. The van der Waals surface area contributed by atoms with E-state index in [9.17, 15) is 9.59 Å². The van der Waals surface area contributed by atoms with Crippen LogP contribution in [0.5, 0.6) is 0 Å². The number of rotatable bonds is 7. The molecule has 2 saturated heterocycles. The van der Waals surface area contributed by atoms with Gasteiger partial charge in [0.15, 0.2) is 0 Å². The number of anilines is 2. The number of carbonyl (C=O) groups excluding carboxylic acids is 2. The summed E-state index contributed by atoms with van der Waals surface area (Å²) in [6.07, 6.45) is 13.2. The van der Waals surface area contributed by atoms with Crippen LogP contribution >= 0.6 is 0 Å². The van der Waals surface area contributed by atoms with E-state index in [-0.39, 0.29) is 11.8 Å². The van der Waals surface area contributed by atoms with Gasteiger partial charge in [0.1, 0.15) is 11.6 Å². The third kappa shape index (κ3) is 6.74. The maximum Gasteiger partial charge on any atom is 0.255 e. The summed E-state index contributed by atoms with van der Waals surface area (Å²) in [5.41, 5.74) is 1.14. The van der Waals surface area contributed by atoms with Crippen LogP contribution in [-0.2, 0) is 0 Å². The summed E-state index contributed by atoms with van der Waals surface area (Å²) in [7, 11) is 3.53. The van der Waals surface area contributed by atoms with Crippen molar-refractivity contribution in [2.75, 3.05) is 63.2 Å². The smallest absolute Gasteiger partial charge is 0.255 e. The van der Waals surface area contributed by atoms with Crippen LogP contribution in [0.15, 0.2) is 36.7 Å². The number of hydrogen-bond acceptors (Lipinski definition) is 6. The fourth-order valence-electron chi connectivity index (χ4n) is 4.94. The molecular weight excluding hydrogens is 452 g/mol. The lowest BCUT2D eigenvalue weighted by molar-refractivity contribution is 0.0718. The highest BCUT2D eigenvalue weighted by atomic mass is 16.2. The summed E-state index contributed by atoms with van der Waals surface area (Å²) in [5, 5.41) is 0. The topological polar surface area (TPSA) is 72.9 Å². The Morgan fingerprint density at radius 2 is 1.00 bits per heavy atom. The van der Waals surface area contributed by atoms with Crippen molar-refractivity contribution < 1.29 is 9.59 Å². The molecule has 0 N–H and O–H groups in total. The van der Waals surface area contributed by atoms with Crippen molar-refractivity contribution in [1.29, 1.82) is 0 Å². The lowest BCUT2D eigenvalue weighted by atomic mass is 10.2. The predicted octanol–water partition coefficient (Wildman–Crippen LogP) is 4.08. The summed E-state index contributed by atoms with van der Waals surface area (Å²) >= 11 is 0. The van der Waals surface area contributed by atoms with Gasteiger partial charge in [-0.25, -0.2) is 9.97 Å². The van der Waals surface area contributed by atoms with Gasteiger partial charge in [-0.2, -0.15) is 0 Å². The van der Waals surface area contributed by atoms with Crippen molar-refractivity contribution in [3.8, 4) is 0 Å². The van der Waals surface area contributed by atoms with Crippen LogP contribution in [0.2, 0.25) is 0 Å². The summed E-state index contributed by atoms with van der Waals surface area (Å²) in [5.74, 6) is 1.71. The zero-order valence-electron chi connectivity index (χ0n) is 21.9.